The number of halogens is 1. The lowest BCUT2D eigenvalue weighted by molar-refractivity contribution is 0.102. The normalized spacial score (nSPS) is 10.7. The van der Waals surface area contributed by atoms with Gasteiger partial charge in [0.2, 0.25) is 0 Å². The highest BCUT2D eigenvalue weighted by molar-refractivity contribution is 6.30. The molecule has 134 valence electrons. The first-order valence-corrected chi connectivity index (χ1v) is 8.85. The zero-order valence-corrected chi connectivity index (χ0v) is 15.4. The number of hydrogen-bond donors (Lipinski definition) is 1. The van der Waals surface area contributed by atoms with E-state index in [0.29, 0.717) is 22.1 Å². The van der Waals surface area contributed by atoms with Gasteiger partial charge in [0.05, 0.1) is 11.9 Å². The standard InChI is InChI=1S/C21H17ClN4O/c1-15-5-4-6-18(13-15)26-21(25-11-2-3-12-25)19(14-23-26)20(27)24-17-9-7-16(22)8-10-17/h2-14H,1H3,(H,24,27). The van der Waals surface area contributed by atoms with Crippen molar-refractivity contribution in [2.24, 2.45) is 0 Å². The lowest BCUT2D eigenvalue weighted by Crippen LogP contribution is -2.15. The van der Waals surface area contributed by atoms with Gasteiger partial charge in [0.15, 0.2) is 5.82 Å². The Labute approximate surface area is 161 Å². The Morgan fingerprint density at radius 3 is 2.48 bits per heavy atom. The predicted molar refractivity (Wildman–Crippen MR) is 107 cm³/mol. The molecule has 0 unspecified atom stereocenters. The third kappa shape index (κ3) is 3.50. The summed E-state index contributed by atoms with van der Waals surface area (Å²) in [6.45, 7) is 2.02. The summed E-state index contributed by atoms with van der Waals surface area (Å²) in [5, 5.41) is 7.99. The largest absolute Gasteiger partial charge is 0.322 e. The third-order valence-corrected chi connectivity index (χ3v) is 4.44. The van der Waals surface area contributed by atoms with Crippen molar-refractivity contribution < 1.29 is 4.79 Å². The van der Waals surface area contributed by atoms with Crippen LogP contribution < -0.4 is 5.32 Å². The smallest absolute Gasteiger partial charge is 0.261 e. The number of aryl methyl sites for hydroxylation is 1. The molecule has 0 bridgehead atoms. The molecule has 27 heavy (non-hydrogen) atoms. The number of hydrogen-bond acceptors (Lipinski definition) is 2. The Morgan fingerprint density at radius 2 is 1.78 bits per heavy atom. The predicted octanol–water partition coefficient (Wildman–Crippen LogP) is 4.88. The van der Waals surface area contributed by atoms with Crippen molar-refractivity contribution in [3.63, 3.8) is 0 Å². The number of carbonyl (C=O) groups excluding carboxylic acids is 1. The van der Waals surface area contributed by atoms with Gasteiger partial charge in [-0.3, -0.25) is 4.79 Å². The van der Waals surface area contributed by atoms with E-state index in [1.165, 1.54) is 0 Å². The molecule has 2 heterocycles. The molecular formula is C21H17ClN4O. The van der Waals surface area contributed by atoms with Crippen LogP contribution in [0.25, 0.3) is 11.5 Å². The van der Waals surface area contributed by atoms with Crippen molar-refractivity contribution in [1.82, 2.24) is 14.3 Å². The topological polar surface area (TPSA) is 51.9 Å². The Hall–Kier alpha value is -3.31. The van der Waals surface area contributed by atoms with E-state index >= 15 is 0 Å². The first-order valence-electron chi connectivity index (χ1n) is 8.47. The lowest BCUT2D eigenvalue weighted by atomic mass is 10.2. The van der Waals surface area contributed by atoms with Gasteiger partial charge in [-0.25, -0.2) is 4.68 Å². The van der Waals surface area contributed by atoms with Gasteiger partial charge in [-0.15, -0.1) is 0 Å². The molecule has 4 aromatic rings. The molecule has 0 radical (unpaired) electrons. The molecule has 1 N–H and O–H groups in total. The number of amides is 1. The second-order valence-electron chi connectivity index (χ2n) is 6.18. The number of aromatic nitrogens is 3. The van der Waals surface area contributed by atoms with E-state index in [1.807, 2.05) is 60.3 Å². The Bertz CT molecular complexity index is 1080. The molecular weight excluding hydrogens is 360 g/mol. The molecule has 4 rings (SSSR count). The summed E-state index contributed by atoms with van der Waals surface area (Å²) in [4.78, 5) is 12.9. The fraction of sp³-hybridized carbons (Fsp3) is 0.0476. The first kappa shape index (κ1) is 17.1. The Morgan fingerprint density at radius 1 is 1.04 bits per heavy atom. The van der Waals surface area contributed by atoms with Crippen molar-refractivity contribution in [3.05, 3.63) is 95.4 Å². The van der Waals surface area contributed by atoms with Gasteiger partial charge in [-0.1, -0.05) is 23.7 Å². The van der Waals surface area contributed by atoms with E-state index < -0.39 is 0 Å². The maximum Gasteiger partial charge on any atom is 0.261 e. The monoisotopic (exact) mass is 376 g/mol. The van der Waals surface area contributed by atoms with Gasteiger partial charge in [-0.05, 0) is 61.0 Å². The Balaban J connectivity index is 1.77. The molecule has 0 aliphatic heterocycles. The van der Waals surface area contributed by atoms with Crippen LogP contribution in [0.5, 0.6) is 0 Å². The summed E-state index contributed by atoms with van der Waals surface area (Å²) >= 11 is 5.91. The highest BCUT2D eigenvalue weighted by atomic mass is 35.5. The second kappa shape index (κ2) is 7.13. The zero-order valence-electron chi connectivity index (χ0n) is 14.6. The average Bonchev–Trinajstić information content (AvgIpc) is 3.32. The third-order valence-electron chi connectivity index (χ3n) is 4.19. The van der Waals surface area contributed by atoms with Crippen LogP contribution in [-0.4, -0.2) is 20.3 Å². The molecule has 1 amide bonds. The molecule has 5 nitrogen and oxygen atoms in total. The van der Waals surface area contributed by atoms with E-state index in [9.17, 15) is 4.79 Å². The summed E-state index contributed by atoms with van der Waals surface area (Å²) in [6.07, 6.45) is 5.37. The maximum absolute atomic E-state index is 12.9. The van der Waals surface area contributed by atoms with E-state index in [-0.39, 0.29) is 5.91 Å². The molecule has 0 aliphatic carbocycles. The van der Waals surface area contributed by atoms with Crippen LogP contribution in [0.1, 0.15) is 15.9 Å². The highest BCUT2D eigenvalue weighted by Gasteiger charge is 2.20. The Kier molecular flexibility index (Phi) is 4.52. The number of nitrogens with zero attached hydrogens (tertiary/aromatic N) is 3. The van der Waals surface area contributed by atoms with Gasteiger partial charge in [0, 0.05) is 23.1 Å². The van der Waals surface area contributed by atoms with Crippen molar-refractivity contribution in [2.45, 2.75) is 6.92 Å². The average molecular weight is 377 g/mol. The summed E-state index contributed by atoms with van der Waals surface area (Å²) in [5.41, 5.74) is 3.16. The van der Waals surface area contributed by atoms with Crippen molar-refractivity contribution in [3.8, 4) is 11.5 Å². The molecule has 0 saturated carbocycles. The lowest BCUT2D eigenvalue weighted by Gasteiger charge is -2.12. The minimum absolute atomic E-state index is 0.236. The number of nitrogens with one attached hydrogen (secondary N) is 1. The van der Waals surface area contributed by atoms with Crippen LogP contribution in [0.15, 0.2) is 79.3 Å². The zero-order chi connectivity index (χ0) is 18.8. The van der Waals surface area contributed by atoms with Gasteiger partial charge < -0.3 is 9.88 Å². The summed E-state index contributed by atoms with van der Waals surface area (Å²) in [7, 11) is 0. The van der Waals surface area contributed by atoms with Gasteiger partial charge in [-0.2, -0.15) is 5.10 Å². The molecule has 0 aliphatic rings. The molecule has 0 saturated heterocycles. The SMILES string of the molecule is Cc1cccc(-n2ncc(C(=O)Nc3ccc(Cl)cc3)c2-n2cccc2)c1. The first-order chi connectivity index (χ1) is 13.1. The van der Waals surface area contributed by atoms with Gasteiger partial charge >= 0.3 is 0 Å². The van der Waals surface area contributed by atoms with Gasteiger partial charge in [0.1, 0.15) is 5.56 Å². The van der Waals surface area contributed by atoms with E-state index in [4.69, 9.17) is 11.6 Å². The van der Waals surface area contributed by atoms with Crippen LogP contribution in [0, 0.1) is 6.92 Å². The summed E-state index contributed by atoms with van der Waals surface area (Å²) < 4.78 is 3.65. The van der Waals surface area contributed by atoms with Crippen LogP contribution in [0.4, 0.5) is 5.69 Å². The maximum atomic E-state index is 12.9. The van der Waals surface area contributed by atoms with Crippen LogP contribution >= 0.6 is 11.6 Å². The molecule has 0 fully saturated rings. The quantitative estimate of drug-likeness (QED) is 0.552. The van der Waals surface area contributed by atoms with Crippen LogP contribution in [-0.2, 0) is 0 Å². The van der Waals surface area contributed by atoms with E-state index in [2.05, 4.69) is 10.4 Å². The van der Waals surface area contributed by atoms with E-state index in [0.717, 1.165) is 11.3 Å². The fourth-order valence-corrected chi connectivity index (χ4v) is 3.03. The summed E-state index contributed by atoms with van der Waals surface area (Å²) in [6, 6.07) is 18.8. The minimum Gasteiger partial charge on any atom is -0.322 e. The summed E-state index contributed by atoms with van der Waals surface area (Å²) in [5.74, 6) is 0.442. The molecule has 0 atom stereocenters. The van der Waals surface area contributed by atoms with Crippen molar-refractivity contribution in [2.75, 3.05) is 5.32 Å². The molecule has 6 heteroatoms. The number of benzene rings is 2. The van der Waals surface area contributed by atoms with Crippen LogP contribution in [0.3, 0.4) is 0 Å². The molecule has 2 aromatic carbocycles. The fourth-order valence-electron chi connectivity index (χ4n) is 2.91. The second-order valence-corrected chi connectivity index (χ2v) is 6.62. The minimum atomic E-state index is -0.236. The van der Waals surface area contributed by atoms with E-state index in [1.54, 1.807) is 35.1 Å². The van der Waals surface area contributed by atoms with Crippen molar-refractivity contribution in [1.29, 1.82) is 0 Å². The van der Waals surface area contributed by atoms with Gasteiger partial charge in [0.25, 0.3) is 5.91 Å². The van der Waals surface area contributed by atoms with Crippen molar-refractivity contribution >= 4 is 23.2 Å². The van der Waals surface area contributed by atoms with Crippen LogP contribution in [0.2, 0.25) is 5.02 Å². The highest BCUT2D eigenvalue weighted by Crippen LogP contribution is 2.22. The number of anilines is 1. The number of rotatable bonds is 4. The molecule has 2 aromatic heterocycles. The molecule has 0 spiro atoms. The number of carbonyl (C=O) groups is 1.